The van der Waals surface area contributed by atoms with Crippen LogP contribution in [0, 0.1) is 41.4 Å². The molecule has 0 spiro atoms. The number of aromatic amines is 1. The van der Waals surface area contributed by atoms with Crippen LogP contribution in [0.15, 0.2) is 24.3 Å². The van der Waals surface area contributed by atoms with Gasteiger partial charge in [0.2, 0.25) is 65.0 Å². The standard InChI is InChI=1S/C66H111N13O12/c1-24-44-62(87)73(17)34-52(80)74(18)47(29-35(2)3)59(84)72-53(39(10)11)65(90)75(19)48(30-36(4)5)58(83)67-42(15)57(82)68-43(16)61(86)76(20)49(31-37(6)7)63(88)77(21)50(32-38(8)9)64(89)78(22)54(40(12)13)66(91)79(23)55(60(85)71-44)56(81)41(14)33-51-69-45-27-25-26-28-46(45)70-51/h25-28,35-44,47-50,53-56,81H,24,29-34H2,1-23H3,(H,67,83)(H,68,82)(H,69,70)(H,71,85)(H,72,84)/t41-,42-,43+,44-,47+,48-,49-,50-,53-,54-,55-,56-/m1/s1. The van der Waals surface area contributed by atoms with Crippen LogP contribution in [-0.2, 0) is 59.2 Å². The number of nitrogens with one attached hydrogen (secondary N) is 5. The molecule has 0 aliphatic carbocycles. The Labute approximate surface area is 540 Å². The van der Waals surface area contributed by atoms with Crippen LogP contribution >= 0.6 is 0 Å². The fraction of sp³-hybridized carbons (Fsp3) is 0.727. The average molecular weight is 1280 g/mol. The molecule has 1 aliphatic rings. The molecule has 512 valence electrons. The third kappa shape index (κ3) is 20.7. The van der Waals surface area contributed by atoms with Gasteiger partial charge in [-0.2, -0.15) is 0 Å². The van der Waals surface area contributed by atoms with Crippen LogP contribution < -0.4 is 21.3 Å². The van der Waals surface area contributed by atoms with Crippen molar-refractivity contribution in [3.8, 4) is 0 Å². The number of hydrogen-bond donors (Lipinski definition) is 6. The maximum atomic E-state index is 15.4. The van der Waals surface area contributed by atoms with Gasteiger partial charge in [0.15, 0.2) is 0 Å². The van der Waals surface area contributed by atoms with E-state index in [2.05, 4.69) is 31.2 Å². The fourth-order valence-corrected chi connectivity index (χ4v) is 11.7. The minimum Gasteiger partial charge on any atom is -0.390 e. The van der Waals surface area contributed by atoms with Gasteiger partial charge in [-0.3, -0.25) is 52.7 Å². The van der Waals surface area contributed by atoms with Gasteiger partial charge in [-0.05, 0) is 99.5 Å². The maximum absolute atomic E-state index is 15.4. The summed E-state index contributed by atoms with van der Waals surface area (Å²) in [6.45, 7) is 27.5. The second-order valence-corrected chi connectivity index (χ2v) is 27.7. The third-order valence-corrected chi connectivity index (χ3v) is 17.3. The van der Waals surface area contributed by atoms with Crippen LogP contribution in [0.3, 0.4) is 0 Å². The highest BCUT2D eigenvalue weighted by Crippen LogP contribution is 2.26. The number of hydrogen-bond acceptors (Lipinski definition) is 13. The zero-order chi connectivity index (χ0) is 69.5. The normalized spacial score (nSPS) is 25.9. The van der Waals surface area contributed by atoms with Crippen molar-refractivity contribution < 1.29 is 57.8 Å². The van der Waals surface area contributed by atoms with E-state index < -0.39 is 156 Å². The number of carbonyl (C=O) groups excluding carboxylic acids is 11. The van der Waals surface area contributed by atoms with Crippen LogP contribution in [0.5, 0.6) is 0 Å². The molecule has 6 N–H and O–H groups in total. The quantitative estimate of drug-likeness (QED) is 0.149. The number of likely N-dealkylation sites (N-methyl/N-ethyl adjacent to an activating group) is 7. The summed E-state index contributed by atoms with van der Waals surface area (Å²) in [4.78, 5) is 178. The molecule has 1 aliphatic heterocycles. The lowest BCUT2D eigenvalue weighted by Gasteiger charge is -2.41. The molecule has 2 heterocycles. The number of amides is 11. The van der Waals surface area contributed by atoms with Gasteiger partial charge in [0.25, 0.3) is 0 Å². The van der Waals surface area contributed by atoms with Crippen LogP contribution in [0.4, 0.5) is 0 Å². The van der Waals surface area contributed by atoms with E-state index in [4.69, 9.17) is 0 Å². The van der Waals surface area contributed by atoms with Gasteiger partial charge < -0.3 is 65.7 Å². The van der Waals surface area contributed by atoms with Crippen molar-refractivity contribution in [2.45, 2.75) is 216 Å². The number of rotatable bonds is 15. The molecule has 11 amide bonds. The number of aliphatic hydroxyl groups excluding tert-OH is 1. The molecule has 0 radical (unpaired) electrons. The Morgan fingerprint density at radius 2 is 0.934 bits per heavy atom. The average Bonchev–Trinajstić information content (AvgIpc) is 1.70. The molecule has 1 aromatic carbocycles. The summed E-state index contributed by atoms with van der Waals surface area (Å²) in [7, 11) is 9.89. The molecule has 91 heavy (non-hydrogen) atoms. The first-order chi connectivity index (χ1) is 42.2. The summed E-state index contributed by atoms with van der Waals surface area (Å²) >= 11 is 0. The lowest BCUT2D eigenvalue weighted by molar-refractivity contribution is -0.157. The molecule has 12 atom stereocenters. The number of aromatic nitrogens is 2. The Morgan fingerprint density at radius 3 is 1.43 bits per heavy atom. The van der Waals surface area contributed by atoms with Gasteiger partial charge in [-0.25, -0.2) is 4.98 Å². The largest absolute Gasteiger partial charge is 0.390 e. The van der Waals surface area contributed by atoms with Gasteiger partial charge in [-0.15, -0.1) is 0 Å². The lowest BCUT2D eigenvalue weighted by atomic mass is 9.91. The second kappa shape index (κ2) is 34.5. The molecule has 1 saturated heterocycles. The summed E-state index contributed by atoms with van der Waals surface area (Å²) in [5.74, 6) is -9.63. The number of benzene rings is 1. The van der Waals surface area contributed by atoms with Gasteiger partial charge in [0.1, 0.15) is 66.2 Å². The topological polar surface area (TPSA) is 307 Å². The van der Waals surface area contributed by atoms with Gasteiger partial charge in [0.05, 0.1) is 23.7 Å². The summed E-state index contributed by atoms with van der Waals surface area (Å²) < 4.78 is 0. The van der Waals surface area contributed by atoms with Crippen molar-refractivity contribution in [1.82, 2.24) is 65.5 Å². The highest BCUT2D eigenvalue weighted by Gasteiger charge is 2.46. The molecule has 0 saturated carbocycles. The predicted molar refractivity (Wildman–Crippen MR) is 349 cm³/mol. The monoisotopic (exact) mass is 1280 g/mol. The number of carbonyl (C=O) groups is 11. The summed E-state index contributed by atoms with van der Waals surface area (Å²) in [6.07, 6.45) is -0.933. The third-order valence-electron chi connectivity index (χ3n) is 17.3. The SMILES string of the molecule is CC[C@H]1NC(=O)[C@@H]([C@H](O)[C@H](C)Cc2nc3ccccc3[nH]2)N(C)C(=O)[C@@H](C(C)C)N(C)C(=O)[C@@H](CC(C)C)N(C)C(=O)[C@@H](CC(C)C)N(C)C(=O)[C@H](C)NC(=O)[C@@H](C)NC(=O)[C@@H](CC(C)C)N(C)C(=O)[C@@H](C(C)C)NC(=O)[C@H](CC(C)C)N(C)C(=O)CN(C)C1=O. The minimum atomic E-state index is -1.69. The number of imidazole rings is 1. The maximum Gasteiger partial charge on any atom is 0.246 e. The molecule has 1 aromatic heterocycles. The van der Waals surface area contributed by atoms with Crippen molar-refractivity contribution >= 4 is 76.0 Å². The van der Waals surface area contributed by atoms with Crippen LogP contribution in [0.1, 0.15) is 149 Å². The molecule has 25 nitrogen and oxygen atoms in total. The number of H-pyrrole nitrogens is 1. The van der Waals surface area contributed by atoms with Gasteiger partial charge >= 0.3 is 0 Å². The summed E-state index contributed by atoms with van der Waals surface area (Å²) in [5.41, 5.74) is 1.42. The predicted octanol–water partition coefficient (Wildman–Crippen LogP) is 3.42. The molecule has 0 unspecified atom stereocenters. The Kier molecular flexibility index (Phi) is 29.6. The van der Waals surface area contributed by atoms with Crippen LogP contribution in [-0.4, -0.2) is 237 Å². The van der Waals surface area contributed by atoms with E-state index in [0.717, 1.165) is 15.3 Å². The summed E-state index contributed by atoms with van der Waals surface area (Å²) in [5, 5.41) is 23.5. The van der Waals surface area contributed by atoms with Crippen molar-refractivity contribution in [2.24, 2.45) is 41.4 Å². The molecule has 1 fully saturated rings. The lowest BCUT2D eigenvalue weighted by Crippen LogP contribution is -2.63. The van der Waals surface area contributed by atoms with Crippen molar-refractivity contribution in [1.29, 1.82) is 0 Å². The highest BCUT2D eigenvalue weighted by atomic mass is 16.3. The number of para-hydroxylation sites is 2. The van der Waals surface area contributed by atoms with E-state index in [1.165, 1.54) is 87.7 Å². The van der Waals surface area contributed by atoms with Gasteiger partial charge in [-0.1, -0.05) is 109 Å². The smallest absolute Gasteiger partial charge is 0.246 e. The molecule has 2 aromatic rings. The van der Waals surface area contributed by atoms with E-state index in [1.807, 2.05) is 79.7 Å². The van der Waals surface area contributed by atoms with E-state index >= 15 is 19.2 Å². The zero-order valence-electron chi connectivity index (χ0n) is 58.7. The van der Waals surface area contributed by atoms with Crippen LogP contribution in [0.25, 0.3) is 11.0 Å². The van der Waals surface area contributed by atoms with Crippen LogP contribution in [0.2, 0.25) is 0 Å². The Morgan fingerprint density at radius 1 is 0.484 bits per heavy atom. The minimum absolute atomic E-state index is 0.00450. The van der Waals surface area contributed by atoms with Gasteiger partial charge in [0, 0.05) is 55.8 Å². The molecule has 25 heteroatoms. The molecular weight excluding hydrogens is 1170 g/mol. The fourth-order valence-electron chi connectivity index (χ4n) is 11.7. The first-order valence-corrected chi connectivity index (χ1v) is 32.4. The highest BCUT2D eigenvalue weighted by molar-refractivity contribution is 5.99. The Bertz CT molecular complexity index is 2820. The second-order valence-electron chi connectivity index (χ2n) is 27.7. The number of fused-ring (bicyclic) bond motifs is 1. The summed E-state index contributed by atoms with van der Waals surface area (Å²) in [6, 6.07) is -5.25. The molecule has 3 rings (SSSR count). The van der Waals surface area contributed by atoms with E-state index in [1.54, 1.807) is 41.5 Å². The van der Waals surface area contributed by atoms with Crippen molar-refractivity contribution in [3.63, 3.8) is 0 Å². The van der Waals surface area contributed by atoms with Crippen molar-refractivity contribution in [2.75, 3.05) is 55.9 Å². The number of nitrogens with zero attached hydrogens (tertiary/aromatic N) is 8. The van der Waals surface area contributed by atoms with E-state index in [9.17, 15) is 38.7 Å². The zero-order valence-corrected chi connectivity index (χ0v) is 58.7. The van der Waals surface area contributed by atoms with Crippen molar-refractivity contribution in [3.05, 3.63) is 30.1 Å². The van der Waals surface area contributed by atoms with E-state index in [0.29, 0.717) is 11.3 Å². The first kappa shape index (κ1) is 78.1. The molecule has 0 bridgehead atoms. The Balaban J connectivity index is 2.31. The number of aliphatic hydroxyl groups is 1. The first-order valence-electron chi connectivity index (χ1n) is 32.4. The Hall–Kier alpha value is -7.18. The van der Waals surface area contributed by atoms with E-state index in [-0.39, 0.29) is 62.2 Å². The molecular formula is C66H111N13O12.